The maximum Gasteiger partial charge on any atom is 0.251 e. The SMILES string of the molecule is N#Cc1cnn(C(=O)CC2(O)CCCCC2)c1N. The highest BCUT2D eigenvalue weighted by atomic mass is 16.3. The van der Waals surface area contributed by atoms with Gasteiger partial charge in [0.05, 0.1) is 18.2 Å². The fraction of sp³-hybridized carbons (Fsp3) is 0.583. The maximum absolute atomic E-state index is 12.0. The molecule has 0 spiro atoms. The molecule has 2 rings (SSSR count). The monoisotopic (exact) mass is 248 g/mol. The van der Waals surface area contributed by atoms with Gasteiger partial charge in [-0.2, -0.15) is 15.0 Å². The highest BCUT2D eigenvalue weighted by Gasteiger charge is 2.33. The van der Waals surface area contributed by atoms with Crippen LogP contribution < -0.4 is 5.73 Å². The predicted octanol–water partition coefficient (Wildman–Crippen LogP) is 1.06. The highest BCUT2D eigenvalue weighted by molar-refractivity contribution is 5.82. The lowest BCUT2D eigenvalue weighted by atomic mass is 9.82. The van der Waals surface area contributed by atoms with Crippen LogP contribution in [0, 0.1) is 11.3 Å². The fourth-order valence-electron chi connectivity index (χ4n) is 2.39. The summed E-state index contributed by atoms with van der Waals surface area (Å²) in [4.78, 5) is 12.0. The average molecular weight is 248 g/mol. The van der Waals surface area contributed by atoms with Crippen LogP contribution in [-0.4, -0.2) is 26.4 Å². The standard InChI is InChI=1S/C12H16N4O2/c13-7-9-8-15-16(11(9)14)10(17)6-12(18)4-2-1-3-5-12/h8,18H,1-6,14H2. The molecule has 96 valence electrons. The van der Waals surface area contributed by atoms with E-state index in [1.54, 1.807) is 0 Å². The first-order valence-corrected chi connectivity index (χ1v) is 6.05. The number of nitrogens with zero attached hydrogens (tertiary/aromatic N) is 3. The summed E-state index contributed by atoms with van der Waals surface area (Å²) in [5.41, 5.74) is 4.87. The second-order valence-corrected chi connectivity index (χ2v) is 4.82. The molecule has 0 amide bonds. The Morgan fingerprint density at radius 1 is 1.56 bits per heavy atom. The molecule has 1 fully saturated rings. The van der Waals surface area contributed by atoms with Crippen LogP contribution in [0.5, 0.6) is 0 Å². The number of rotatable bonds is 2. The Balaban J connectivity index is 2.12. The van der Waals surface area contributed by atoms with Gasteiger partial charge in [-0.25, -0.2) is 0 Å². The molecule has 6 nitrogen and oxygen atoms in total. The van der Waals surface area contributed by atoms with Crippen LogP contribution in [0.3, 0.4) is 0 Å². The number of nitriles is 1. The third-order valence-electron chi connectivity index (χ3n) is 3.43. The molecule has 1 aromatic heterocycles. The molecular weight excluding hydrogens is 232 g/mol. The van der Waals surface area contributed by atoms with Crippen molar-refractivity contribution in [2.75, 3.05) is 5.73 Å². The zero-order valence-electron chi connectivity index (χ0n) is 10.1. The minimum Gasteiger partial charge on any atom is -0.389 e. The lowest BCUT2D eigenvalue weighted by molar-refractivity contribution is -0.00254. The number of aliphatic hydroxyl groups is 1. The number of hydrogen-bond donors (Lipinski definition) is 2. The molecule has 6 heteroatoms. The van der Waals surface area contributed by atoms with E-state index in [1.165, 1.54) is 6.20 Å². The van der Waals surface area contributed by atoms with E-state index < -0.39 is 5.60 Å². The Morgan fingerprint density at radius 2 is 2.22 bits per heavy atom. The van der Waals surface area contributed by atoms with Crippen LogP contribution in [0.15, 0.2) is 6.20 Å². The van der Waals surface area contributed by atoms with E-state index in [4.69, 9.17) is 11.0 Å². The van der Waals surface area contributed by atoms with Crippen LogP contribution in [0.4, 0.5) is 5.82 Å². The smallest absolute Gasteiger partial charge is 0.251 e. The fourth-order valence-corrected chi connectivity index (χ4v) is 2.39. The Kier molecular flexibility index (Phi) is 3.34. The Labute approximate surface area is 105 Å². The van der Waals surface area contributed by atoms with Gasteiger partial charge >= 0.3 is 0 Å². The third kappa shape index (κ3) is 2.36. The molecule has 0 bridgehead atoms. The first-order chi connectivity index (χ1) is 8.56. The lowest BCUT2D eigenvalue weighted by Gasteiger charge is -2.31. The first kappa shape index (κ1) is 12.6. The largest absolute Gasteiger partial charge is 0.389 e. The zero-order chi connectivity index (χ0) is 13.2. The van der Waals surface area contributed by atoms with Crippen LogP contribution >= 0.6 is 0 Å². The van der Waals surface area contributed by atoms with Gasteiger partial charge in [-0.15, -0.1) is 0 Å². The van der Waals surface area contributed by atoms with E-state index in [9.17, 15) is 9.90 Å². The zero-order valence-corrected chi connectivity index (χ0v) is 10.1. The number of anilines is 1. The predicted molar refractivity (Wildman–Crippen MR) is 64.6 cm³/mol. The number of nitrogen functional groups attached to an aromatic ring is 1. The van der Waals surface area contributed by atoms with Gasteiger partial charge in [0, 0.05) is 0 Å². The van der Waals surface area contributed by atoms with Gasteiger partial charge in [-0.05, 0) is 12.8 Å². The molecule has 1 aliphatic carbocycles. The maximum atomic E-state index is 12.0. The van der Waals surface area contributed by atoms with Crippen molar-refractivity contribution in [2.45, 2.75) is 44.1 Å². The van der Waals surface area contributed by atoms with Crippen molar-refractivity contribution in [3.63, 3.8) is 0 Å². The molecule has 1 aliphatic rings. The van der Waals surface area contributed by atoms with E-state index in [-0.39, 0.29) is 23.7 Å². The van der Waals surface area contributed by atoms with Gasteiger partial charge in [0.1, 0.15) is 17.5 Å². The second-order valence-electron chi connectivity index (χ2n) is 4.82. The molecule has 1 aromatic rings. The van der Waals surface area contributed by atoms with Crippen molar-refractivity contribution >= 4 is 11.7 Å². The van der Waals surface area contributed by atoms with Crippen LogP contribution in [-0.2, 0) is 0 Å². The van der Waals surface area contributed by atoms with Gasteiger partial charge < -0.3 is 10.8 Å². The van der Waals surface area contributed by atoms with Gasteiger partial charge in [0.2, 0.25) is 0 Å². The van der Waals surface area contributed by atoms with Crippen LogP contribution in [0.1, 0.15) is 48.9 Å². The second kappa shape index (κ2) is 4.78. The number of aromatic nitrogens is 2. The molecule has 0 unspecified atom stereocenters. The van der Waals surface area contributed by atoms with E-state index in [2.05, 4.69) is 5.10 Å². The molecule has 3 N–H and O–H groups in total. The molecule has 0 radical (unpaired) electrons. The summed E-state index contributed by atoms with van der Waals surface area (Å²) in [6.45, 7) is 0. The summed E-state index contributed by atoms with van der Waals surface area (Å²) < 4.78 is 1.01. The summed E-state index contributed by atoms with van der Waals surface area (Å²) >= 11 is 0. The summed E-state index contributed by atoms with van der Waals surface area (Å²) in [6, 6.07) is 1.86. The summed E-state index contributed by atoms with van der Waals surface area (Å²) in [5, 5.41) is 22.8. The van der Waals surface area contributed by atoms with Gasteiger partial charge in [0.25, 0.3) is 5.91 Å². The summed E-state index contributed by atoms with van der Waals surface area (Å²) in [7, 11) is 0. The Morgan fingerprint density at radius 3 is 2.78 bits per heavy atom. The van der Waals surface area contributed by atoms with Crippen molar-refractivity contribution in [1.82, 2.24) is 9.78 Å². The van der Waals surface area contributed by atoms with Gasteiger partial charge in [-0.1, -0.05) is 19.3 Å². The molecule has 18 heavy (non-hydrogen) atoms. The van der Waals surface area contributed by atoms with Crippen molar-refractivity contribution in [3.8, 4) is 6.07 Å². The van der Waals surface area contributed by atoms with Crippen molar-refractivity contribution in [1.29, 1.82) is 5.26 Å². The van der Waals surface area contributed by atoms with Crippen molar-refractivity contribution in [2.24, 2.45) is 0 Å². The number of carbonyl (C=O) groups is 1. The van der Waals surface area contributed by atoms with Crippen molar-refractivity contribution < 1.29 is 9.90 Å². The van der Waals surface area contributed by atoms with Crippen LogP contribution in [0.25, 0.3) is 0 Å². The number of carbonyl (C=O) groups excluding carboxylic acids is 1. The molecule has 0 aliphatic heterocycles. The summed E-state index contributed by atoms with van der Waals surface area (Å²) in [6.07, 6.45) is 5.49. The van der Waals surface area contributed by atoms with Gasteiger partial charge in [-0.3, -0.25) is 4.79 Å². The molecular formula is C12H16N4O2. The van der Waals surface area contributed by atoms with Crippen molar-refractivity contribution in [3.05, 3.63) is 11.8 Å². The highest BCUT2D eigenvalue weighted by Crippen LogP contribution is 2.31. The molecule has 0 saturated heterocycles. The minimum absolute atomic E-state index is 0.00372. The number of nitrogens with two attached hydrogens (primary N) is 1. The molecule has 1 heterocycles. The minimum atomic E-state index is -0.944. The normalized spacial score (nSPS) is 18.2. The third-order valence-corrected chi connectivity index (χ3v) is 3.43. The molecule has 1 saturated carbocycles. The quantitative estimate of drug-likeness (QED) is 0.814. The topological polar surface area (TPSA) is 105 Å². The number of hydrogen-bond acceptors (Lipinski definition) is 5. The Hall–Kier alpha value is -1.87. The Bertz CT molecular complexity index is 495. The van der Waals surface area contributed by atoms with Crippen LogP contribution in [0.2, 0.25) is 0 Å². The molecule has 0 aromatic carbocycles. The average Bonchev–Trinajstić information content (AvgIpc) is 2.70. The van der Waals surface area contributed by atoms with Gasteiger partial charge in [0.15, 0.2) is 0 Å². The van der Waals surface area contributed by atoms with E-state index in [1.807, 2.05) is 6.07 Å². The lowest BCUT2D eigenvalue weighted by Crippen LogP contribution is -2.36. The van der Waals surface area contributed by atoms with E-state index >= 15 is 0 Å². The first-order valence-electron chi connectivity index (χ1n) is 6.05. The van der Waals surface area contributed by atoms with E-state index in [0.29, 0.717) is 12.8 Å². The van der Waals surface area contributed by atoms with E-state index in [0.717, 1.165) is 23.9 Å². The molecule has 0 atom stereocenters. The summed E-state index contributed by atoms with van der Waals surface area (Å²) in [5.74, 6) is -0.319.